The van der Waals surface area contributed by atoms with Crippen LogP contribution in [-0.4, -0.2) is 73.6 Å². The Labute approximate surface area is 269 Å². The molecular weight excluding hydrogens is 667 g/mol. The monoisotopic (exact) mass is 691 g/mol. The van der Waals surface area contributed by atoms with Gasteiger partial charge in [-0.05, 0) is 24.1 Å². The second-order valence-electron chi connectivity index (χ2n) is 9.35. The number of hydrogen-bond acceptors (Lipinski definition) is 8. The van der Waals surface area contributed by atoms with Crippen LogP contribution in [0.3, 0.4) is 0 Å². The number of amides is 2. The molecule has 16 heteroatoms. The van der Waals surface area contributed by atoms with Crippen molar-refractivity contribution in [1.82, 2.24) is 10.2 Å². The number of nitrogens with one attached hydrogen (secondary N) is 1. The molecule has 0 radical (unpaired) electrons. The zero-order valence-electron chi connectivity index (χ0n) is 21.8. The molecule has 3 heterocycles. The highest BCUT2D eigenvalue weighted by atomic mass is 35.5. The van der Waals surface area contributed by atoms with Crippen LogP contribution in [0.25, 0.3) is 0 Å². The quantitative estimate of drug-likeness (QED) is 0.106. The van der Waals surface area contributed by atoms with Gasteiger partial charge in [0.15, 0.2) is 12.4 Å². The lowest BCUT2D eigenvalue weighted by molar-refractivity contribution is -0.697. The maximum Gasteiger partial charge on any atom is 0.352 e. The number of aryl methyl sites for hydroxylation is 1. The molecule has 42 heavy (non-hydrogen) atoms. The maximum atomic E-state index is 13.0. The number of carboxylic acid groups (broad SMARTS) is 2. The number of benzene rings is 1. The minimum Gasteiger partial charge on any atom is -0.480 e. The number of pyridine rings is 1. The van der Waals surface area contributed by atoms with E-state index in [0.717, 1.165) is 16.7 Å². The molecular formula is C26H26Cl3N4O6S3+. The van der Waals surface area contributed by atoms with Crippen LogP contribution in [-0.2, 0) is 25.7 Å². The first-order chi connectivity index (χ1) is 20.0. The number of aromatic nitrogens is 1. The number of rotatable bonds is 13. The van der Waals surface area contributed by atoms with E-state index >= 15 is 0 Å². The van der Waals surface area contributed by atoms with E-state index in [1.54, 1.807) is 6.07 Å². The fraction of sp³-hybridized carbons (Fsp3) is 0.346. The fourth-order valence-corrected chi connectivity index (χ4v) is 8.16. The van der Waals surface area contributed by atoms with E-state index in [2.05, 4.69) is 5.32 Å². The van der Waals surface area contributed by atoms with Gasteiger partial charge in [0.2, 0.25) is 5.91 Å². The molecule has 10 nitrogen and oxygen atoms in total. The summed E-state index contributed by atoms with van der Waals surface area (Å²) in [6.07, 6.45) is 4.73. The molecule has 2 aromatic rings. The standard InChI is InChI=1S/C26H25Cl3N4O6S3/c27-15-8-17(29)19(9-16(15)28)41-12-20(34)31-21-23(35)33-22(26(38)39)13(11-42-24(21)33)10-40-14-3-6-32(7-4-14)5-1-2-18(30)25(36)37/h3-4,6-9,18,21,24H,1-2,5,10-12,30H2,(H2-,31,34,36,37,38,39)/p+1/t18-,21-,24+/m0/s1. The summed E-state index contributed by atoms with van der Waals surface area (Å²) in [5.41, 5.74) is 6.12. The van der Waals surface area contributed by atoms with Gasteiger partial charge in [-0.2, -0.15) is 0 Å². The number of hydrogen-bond donors (Lipinski definition) is 4. The first-order valence-electron chi connectivity index (χ1n) is 12.5. The van der Waals surface area contributed by atoms with Gasteiger partial charge < -0.3 is 21.3 Å². The third kappa shape index (κ3) is 7.87. The van der Waals surface area contributed by atoms with Crippen molar-refractivity contribution < 1.29 is 34.0 Å². The maximum absolute atomic E-state index is 13.0. The summed E-state index contributed by atoms with van der Waals surface area (Å²) in [6, 6.07) is 5.14. The van der Waals surface area contributed by atoms with Crippen molar-refractivity contribution in [3.8, 4) is 0 Å². The van der Waals surface area contributed by atoms with Crippen molar-refractivity contribution in [3.63, 3.8) is 0 Å². The number of carboxylic acids is 2. The molecule has 4 rings (SSSR count). The average Bonchev–Trinajstić information content (AvgIpc) is 2.95. The Morgan fingerprint density at radius 3 is 2.48 bits per heavy atom. The number of fused-ring (bicyclic) bond motifs is 1. The van der Waals surface area contributed by atoms with Gasteiger partial charge in [-0.25, -0.2) is 9.36 Å². The highest BCUT2D eigenvalue weighted by Crippen LogP contribution is 2.42. The van der Waals surface area contributed by atoms with E-state index in [0.29, 0.717) is 56.4 Å². The third-order valence-electron chi connectivity index (χ3n) is 6.42. The Morgan fingerprint density at radius 1 is 1.12 bits per heavy atom. The Kier molecular flexibility index (Phi) is 11.4. The summed E-state index contributed by atoms with van der Waals surface area (Å²) in [6.45, 7) is 0.620. The Balaban J connectivity index is 1.31. The summed E-state index contributed by atoms with van der Waals surface area (Å²) < 4.78 is 1.92. The summed E-state index contributed by atoms with van der Waals surface area (Å²) in [7, 11) is 0. The van der Waals surface area contributed by atoms with Crippen molar-refractivity contribution in [3.05, 3.63) is 63.0 Å². The van der Waals surface area contributed by atoms with Crippen LogP contribution in [0, 0.1) is 0 Å². The Morgan fingerprint density at radius 2 is 1.81 bits per heavy atom. The number of nitrogens with two attached hydrogens (primary N) is 1. The molecule has 0 unspecified atom stereocenters. The van der Waals surface area contributed by atoms with Gasteiger partial charge in [0, 0.05) is 39.9 Å². The molecule has 1 aromatic carbocycles. The van der Waals surface area contributed by atoms with Crippen molar-refractivity contribution in [1.29, 1.82) is 0 Å². The van der Waals surface area contributed by atoms with Crippen LogP contribution in [0.5, 0.6) is 0 Å². The highest BCUT2D eigenvalue weighted by molar-refractivity contribution is 8.01. The number of β-lactam (4-membered cyclic amide) rings is 1. The largest absolute Gasteiger partial charge is 0.480 e. The van der Waals surface area contributed by atoms with Crippen LogP contribution >= 0.6 is 70.1 Å². The van der Waals surface area contributed by atoms with E-state index in [1.165, 1.54) is 34.5 Å². The molecule has 0 aliphatic carbocycles. The van der Waals surface area contributed by atoms with E-state index in [1.807, 2.05) is 29.1 Å². The van der Waals surface area contributed by atoms with Gasteiger partial charge in [0.1, 0.15) is 29.7 Å². The number of nitrogens with zero attached hydrogens (tertiary/aromatic N) is 2. The van der Waals surface area contributed by atoms with E-state index in [9.17, 15) is 24.3 Å². The predicted octanol–water partition coefficient (Wildman–Crippen LogP) is 3.75. The second kappa shape index (κ2) is 14.6. The number of halogens is 3. The Hall–Kier alpha value is -2.13. The van der Waals surface area contributed by atoms with Gasteiger partial charge in [-0.1, -0.05) is 34.8 Å². The highest BCUT2D eigenvalue weighted by Gasteiger charge is 2.54. The van der Waals surface area contributed by atoms with Gasteiger partial charge in [0.25, 0.3) is 5.91 Å². The topological polar surface area (TPSA) is 154 Å². The zero-order chi connectivity index (χ0) is 30.6. The molecule has 224 valence electrons. The number of carbonyl (C=O) groups is 4. The molecule has 1 fully saturated rings. The van der Waals surface area contributed by atoms with Gasteiger partial charge in [-0.15, -0.1) is 35.3 Å². The lowest BCUT2D eigenvalue weighted by Crippen LogP contribution is -2.70. The predicted molar refractivity (Wildman–Crippen MR) is 164 cm³/mol. The molecule has 0 bridgehead atoms. The molecule has 3 atom stereocenters. The SMILES string of the molecule is N[C@@H](CCC[n+]1ccc(SCC2=C(C(=O)O)N3C(=O)[C@H](NC(=O)CSc4cc(Cl)c(Cl)cc4Cl)[C@H]3SC2)cc1)C(=O)O. The van der Waals surface area contributed by atoms with Crippen molar-refractivity contribution in [2.75, 3.05) is 17.3 Å². The average molecular weight is 693 g/mol. The normalized spacial score (nSPS) is 18.8. The van der Waals surface area contributed by atoms with Crippen molar-refractivity contribution in [2.24, 2.45) is 5.73 Å². The van der Waals surface area contributed by atoms with Crippen LogP contribution in [0.1, 0.15) is 12.8 Å². The lowest BCUT2D eigenvalue weighted by Gasteiger charge is -2.49. The van der Waals surface area contributed by atoms with Crippen LogP contribution in [0.15, 0.2) is 57.7 Å². The first kappa shape index (κ1) is 32.8. The molecule has 2 aliphatic heterocycles. The van der Waals surface area contributed by atoms with Crippen molar-refractivity contribution in [2.45, 2.75) is 46.6 Å². The van der Waals surface area contributed by atoms with Crippen LogP contribution < -0.4 is 15.6 Å². The van der Waals surface area contributed by atoms with Gasteiger partial charge in [-0.3, -0.25) is 19.3 Å². The van der Waals surface area contributed by atoms with Crippen LogP contribution in [0.2, 0.25) is 15.1 Å². The van der Waals surface area contributed by atoms with E-state index < -0.39 is 41.2 Å². The Bertz CT molecular complexity index is 1430. The fourth-order valence-electron chi connectivity index (χ4n) is 4.24. The molecule has 1 saturated heterocycles. The summed E-state index contributed by atoms with van der Waals surface area (Å²) >= 11 is 22.1. The molecule has 2 amide bonds. The smallest absolute Gasteiger partial charge is 0.352 e. The molecule has 1 aromatic heterocycles. The van der Waals surface area contributed by atoms with Gasteiger partial charge >= 0.3 is 11.9 Å². The second-order valence-corrected chi connectivity index (χ2v) is 13.7. The number of thioether (sulfide) groups is 3. The van der Waals surface area contributed by atoms with E-state index in [-0.39, 0.29) is 11.4 Å². The minimum absolute atomic E-state index is 0.0185. The summed E-state index contributed by atoms with van der Waals surface area (Å²) in [5, 5.41) is 22.0. The zero-order valence-corrected chi connectivity index (χ0v) is 26.5. The van der Waals surface area contributed by atoms with Crippen molar-refractivity contribution >= 4 is 93.8 Å². The minimum atomic E-state index is -1.19. The number of carbonyl (C=O) groups excluding carboxylic acids is 2. The molecule has 0 saturated carbocycles. The summed E-state index contributed by atoms with van der Waals surface area (Å²) in [4.78, 5) is 51.3. The van der Waals surface area contributed by atoms with Crippen LogP contribution in [0.4, 0.5) is 0 Å². The summed E-state index contributed by atoms with van der Waals surface area (Å²) in [5.74, 6) is -2.31. The van der Waals surface area contributed by atoms with E-state index in [4.69, 9.17) is 45.6 Å². The first-order valence-corrected chi connectivity index (χ1v) is 16.7. The molecule has 2 aliphatic rings. The molecule has 5 N–H and O–H groups in total. The lowest BCUT2D eigenvalue weighted by atomic mass is 10.0. The number of aliphatic carboxylic acids is 2. The molecule has 0 spiro atoms. The van der Waals surface area contributed by atoms with Gasteiger partial charge in [0.05, 0.1) is 20.8 Å². The third-order valence-corrected chi connectivity index (χ3v) is 11.1.